The Morgan fingerprint density at radius 2 is 2.29 bits per heavy atom. The van der Waals surface area contributed by atoms with Crippen molar-refractivity contribution in [3.8, 4) is 0 Å². The van der Waals surface area contributed by atoms with Gasteiger partial charge in [-0.3, -0.25) is 0 Å². The average Bonchev–Trinajstić information content (AvgIpc) is 2.05. The third kappa shape index (κ3) is 1.56. The number of fused-ring (bicyclic) bond motifs is 1. The fraction of sp³-hybridized carbons (Fsp3) is 0.286. The van der Waals surface area contributed by atoms with Gasteiger partial charge in [0.1, 0.15) is 10.7 Å². The van der Waals surface area contributed by atoms with Gasteiger partial charge in [-0.25, -0.2) is 13.4 Å². The largest absolute Gasteiger partial charge is 0.353 e. The molecule has 1 atom stereocenters. The van der Waals surface area contributed by atoms with E-state index in [4.69, 9.17) is 11.6 Å². The molecule has 14 heavy (non-hydrogen) atoms. The van der Waals surface area contributed by atoms with Gasteiger partial charge in [-0.15, -0.1) is 0 Å². The summed E-state index contributed by atoms with van der Waals surface area (Å²) in [7, 11) is -3.47. The summed E-state index contributed by atoms with van der Waals surface area (Å²) in [6.45, 7) is 1.69. The Morgan fingerprint density at radius 1 is 1.57 bits per heavy atom. The van der Waals surface area contributed by atoms with Gasteiger partial charge in [0.25, 0.3) is 0 Å². The zero-order valence-electron chi connectivity index (χ0n) is 7.28. The van der Waals surface area contributed by atoms with E-state index in [1.54, 1.807) is 6.92 Å². The van der Waals surface area contributed by atoms with Gasteiger partial charge in [0, 0.05) is 6.20 Å². The van der Waals surface area contributed by atoms with Crippen molar-refractivity contribution in [1.29, 1.82) is 0 Å². The summed E-state index contributed by atoms with van der Waals surface area (Å²) in [4.78, 5) is 3.99. The molecule has 0 bridgehead atoms. The minimum absolute atomic E-state index is 0.0862. The number of nitrogens with one attached hydrogen (secondary N) is 2. The van der Waals surface area contributed by atoms with Gasteiger partial charge >= 0.3 is 0 Å². The third-order valence-corrected chi connectivity index (χ3v) is 3.55. The number of halogens is 1. The molecule has 0 fully saturated rings. The number of pyridine rings is 1. The lowest BCUT2D eigenvalue weighted by Crippen LogP contribution is -2.42. The molecule has 5 nitrogen and oxygen atoms in total. The number of hydrogen-bond acceptors (Lipinski definition) is 4. The summed E-state index contributed by atoms with van der Waals surface area (Å²) in [5.41, 5.74) is 0. The molecular formula is C7H8ClN3O2S. The number of rotatable bonds is 0. The predicted molar refractivity (Wildman–Crippen MR) is 52.7 cm³/mol. The van der Waals surface area contributed by atoms with Crippen LogP contribution in [0.4, 0.5) is 5.82 Å². The maximum Gasteiger partial charge on any atom is 0.246 e. The van der Waals surface area contributed by atoms with Gasteiger partial charge in [0.15, 0.2) is 0 Å². The van der Waals surface area contributed by atoms with Crippen molar-refractivity contribution in [2.75, 3.05) is 5.32 Å². The standard InChI is InChI=1S/C7H8ClN3O2S/c1-4-10-7-6(14(12,13)11-4)2-5(8)3-9-7/h2-4,11H,1H3,(H,9,10). The Morgan fingerprint density at radius 3 is 3.00 bits per heavy atom. The maximum atomic E-state index is 11.6. The predicted octanol–water partition coefficient (Wildman–Crippen LogP) is 0.785. The van der Waals surface area contributed by atoms with Crippen LogP contribution in [-0.2, 0) is 10.0 Å². The smallest absolute Gasteiger partial charge is 0.246 e. The minimum Gasteiger partial charge on any atom is -0.353 e. The molecule has 0 amide bonds. The first-order valence-corrected chi connectivity index (χ1v) is 5.79. The van der Waals surface area contributed by atoms with E-state index in [-0.39, 0.29) is 11.1 Å². The van der Waals surface area contributed by atoms with Crippen molar-refractivity contribution in [2.24, 2.45) is 0 Å². The minimum atomic E-state index is -3.47. The highest BCUT2D eigenvalue weighted by atomic mass is 35.5. The topological polar surface area (TPSA) is 71.1 Å². The van der Waals surface area contributed by atoms with Gasteiger partial charge in [-0.1, -0.05) is 11.6 Å². The van der Waals surface area contributed by atoms with Gasteiger partial charge in [0.2, 0.25) is 10.0 Å². The summed E-state index contributed by atoms with van der Waals surface area (Å²) in [6.07, 6.45) is 1.04. The highest BCUT2D eigenvalue weighted by molar-refractivity contribution is 7.89. The Labute approximate surface area is 86.5 Å². The summed E-state index contributed by atoms with van der Waals surface area (Å²) >= 11 is 5.66. The Kier molecular flexibility index (Phi) is 2.13. The van der Waals surface area contributed by atoms with E-state index in [0.29, 0.717) is 10.8 Å². The number of hydrogen-bond donors (Lipinski definition) is 2. The van der Waals surface area contributed by atoms with Crippen LogP contribution in [-0.4, -0.2) is 19.6 Å². The number of aromatic nitrogens is 1. The van der Waals surface area contributed by atoms with Crippen LogP contribution in [0.25, 0.3) is 0 Å². The first-order chi connectivity index (χ1) is 6.49. The molecule has 0 saturated heterocycles. The van der Waals surface area contributed by atoms with Crippen molar-refractivity contribution >= 4 is 27.4 Å². The van der Waals surface area contributed by atoms with Crippen molar-refractivity contribution in [3.05, 3.63) is 17.3 Å². The quantitative estimate of drug-likeness (QED) is 0.695. The molecule has 0 aliphatic carbocycles. The Bertz CT molecular complexity index is 474. The van der Waals surface area contributed by atoms with E-state index >= 15 is 0 Å². The van der Waals surface area contributed by atoms with E-state index in [9.17, 15) is 8.42 Å². The lowest BCUT2D eigenvalue weighted by atomic mass is 10.4. The van der Waals surface area contributed by atoms with Crippen molar-refractivity contribution in [3.63, 3.8) is 0 Å². The molecule has 0 spiro atoms. The zero-order chi connectivity index (χ0) is 10.3. The molecule has 1 aliphatic rings. The summed E-state index contributed by atoms with van der Waals surface area (Å²) in [5.74, 6) is 0.334. The van der Waals surface area contributed by atoms with Gasteiger partial charge in [0.05, 0.1) is 11.2 Å². The molecular weight excluding hydrogens is 226 g/mol. The first-order valence-electron chi connectivity index (χ1n) is 3.93. The Hall–Kier alpha value is -0.850. The van der Waals surface area contributed by atoms with Crippen molar-refractivity contribution < 1.29 is 8.42 Å². The van der Waals surface area contributed by atoms with Crippen molar-refractivity contribution in [1.82, 2.24) is 9.71 Å². The number of nitrogens with zero attached hydrogens (tertiary/aromatic N) is 1. The molecule has 0 aromatic carbocycles. The Balaban J connectivity index is 2.65. The van der Waals surface area contributed by atoms with Gasteiger partial charge < -0.3 is 5.32 Å². The van der Waals surface area contributed by atoms with E-state index in [1.165, 1.54) is 12.3 Å². The molecule has 2 rings (SSSR count). The third-order valence-electron chi connectivity index (χ3n) is 1.79. The van der Waals surface area contributed by atoms with E-state index in [0.717, 1.165) is 0 Å². The molecule has 2 N–H and O–H groups in total. The first kappa shape index (κ1) is 9.70. The second-order valence-corrected chi connectivity index (χ2v) is 5.11. The summed E-state index contributed by atoms with van der Waals surface area (Å²) < 4.78 is 25.6. The molecule has 1 aromatic heterocycles. The molecule has 1 unspecified atom stereocenters. The van der Waals surface area contributed by atoms with Crippen LogP contribution >= 0.6 is 11.6 Å². The van der Waals surface area contributed by atoms with Crippen LogP contribution < -0.4 is 10.0 Å². The monoisotopic (exact) mass is 233 g/mol. The molecule has 7 heteroatoms. The van der Waals surface area contributed by atoms with Crippen molar-refractivity contribution in [2.45, 2.75) is 18.0 Å². The molecule has 0 radical (unpaired) electrons. The number of anilines is 1. The molecule has 0 saturated carbocycles. The molecule has 1 aliphatic heterocycles. The lowest BCUT2D eigenvalue weighted by Gasteiger charge is -2.23. The summed E-state index contributed by atoms with van der Waals surface area (Å²) in [5, 5.41) is 3.18. The maximum absolute atomic E-state index is 11.6. The highest BCUT2D eigenvalue weighted by Gasteiger charge is 2.27. The molecule has 2 heterocycles. The van der Waals surface area contributed by atoms with Gasteiger partial charge in [-0.2, -0.15) is 4.72 Å². The normalized spacial score (nSPS) is 23.7. The van der Waals surface area contributed by atoms with Gasteiger partial charge in [-0.05, 0) is 13.0 Å². The molecule has 76 valence electrons. The van der Waals surface area contributed by atoms with Crippen LogP contribution in [0.5, 0.6) is 0 Å². The fourth-order valence-corrected chi connectivity index (χ4v) is 2.79. The second-order valence-electron chi connectivity index (χ2n) is 2.99. The van der Waals surface area contributed by atoms with E-state index in [2.05, 4.69) is 15.0 Å². The zero-order valence-corrected chi connectivity index (χ0v) is 8.85. The SMILES string of the molecule is CC1Nc2ncc(Cl)cc2S(=O)(=O)N1. The van der Waals surface area contributed by atoms with E-state index < -0.39 is 10.0 Å². The second kappa shape index (κ2) is 3.08. The van der Waals surface area contributed by atoms with Crippen LogP contribution in [0.2, 0.25) is 5.02 Å². The summed E-state index contributed by atoms with van der Waals surface area (Å²) in [6, 6.07) is 1.37. The average molecular weight is 234 g/mol. The highest BCUT2D eigenvalue weighted by Crippen LogP contribution is 2.25. The van der Waals surface area contributed by atoms with Crippen LogP contribution in [0.15, 0.2) is 17.2 Å². The van der Waals surface area contributed by atoms with Crippen LogP contribution in [0.1, 0.15) is 6.92 Å². The molecule has 1 aromatic rings. The van der Waals surface area contributed by atoms with Crippen LogP contribution in [0.3, 0.4) is 0 Å². The van der Waals surface area contributed by atoms with E-state index in [1.807, 2.05) is 0 Å². The van der Waals surface area contributed by atoms with Crippen LogP contribution in [0, 0.1) is 0 Å². The number of sulfonamides is 1. The lowest BCUT2D eigenvalue weighted by molar-refractivity contribution is 0.564. The fourth-order valence-electron chi connectivity index (χ4n) is 1.26.